The number of aromatic nitrogens is 3. The lowest BCUT2D eigenvalue weighted by Gasteiger charge is -2.13. The fourth-order valence-corrected chi connectivity index (χ4v) is 1.54. The van der Waals surface area contributed by atoms with Gasteiger partial charge in [-0.3, -0.25) is 4.98 Å². The van der Waals surface area contributed by atoms with Gasteiger partial charge in [-0.2, -0.15) is 0 Å². The summed E-state index contributed by atoms with van der Waals surface area (Å²) in [5, 5.41) is 0. The van der Waals surface area contributed by atoms with Gasteiger partial charge in [0.15, 0.2) is 6.29 Å². The van der Waals surface area contributed by atoms with Gasteiger partial charge in [-0.25, -0.2) is 4.98 Å². The van der Waals surface area contributed by atoms with E-state index in [1.54, 1.807) is 32.9 Å². The van der Waals surface area contributed by atoms with E-state index in [-0.39, 0.29) is 6.29 Å². The first-order valence-corrected chi connectivity index (χ1v) is 5.31. The number of hydrogen-bond acceptors (Lipinski definition) is 4. The van der Waals surface area contributed by atoms with Crippen molar-refractivity contribution >= 4 is 0 Å². The summed E-state index contributed by atoms with van der Waals surface area (Å²) in [5.41, 5.74) is 1.89. The second kappa shape index (κ2) is 5.56. The highest BCUT2D eigenvalue weighted by molar-refractivity contribution is 5.56. The van der Waals surface area contributed by atoms with Crippen molar-refractivity contribution in [2.45, 2.75) is 12.8 Å². The van der Waals surface area contributed by atoms with Crippen LogP contribution >= 0.6 is 0 Å². The minimum Gasteiger partial charge on any atom is -0.354 e. The van der Waals surface area contributed by atoms with E-state index in [9.17, 15) is 0 Å². The molecule has 0 aliphatic heterocycles. The SMILES string of the molecule is COC(Cn1cnc(-c2cccnc2)c1)OC. The molecule has 0 aliphatic rings. The standard InChI is InChI=1S/C12H15N3O2/c1-16-12(17-2)8-15-7-11(14-9-15)10-4-3-5-13-6-10/h3-7,9,12H,8H2,1-2H3. The molecular formula is C12H15N3O2. The average Bonchev–Trinajstić information content (AvgIpc) is 2.85. The van der Waals surface area contributed by atoms with E-state index in [2.05, 4.69) is 9.97 Å². The summed E-state index contributed by atoms with van der Waals surface area (Å²) in [4.78, 5) is 8.38. The molecule has 0 spiro atoms. The van der Waals surface area contributed by atoms with E-state index < -0.39 is 0 Å². The van der Waals surface area contributed by atoms with E-state index in [0.717, 1.165) is 11.3 Å². The summed E-state index contributed by atoms with van der Waals surface area (Å²) in [5.74, 6) is 0. The molecule has 0 amide bonds. The van der Waals surface area contributed by atoms with Gasteiger partial charge in [0.1, 0.15) is 0 Å². The van der Waals surface area contributed by atoms with Gasteiger partial charge in [-0.15, -0.1) is 0 Å². The maximum absolute atomic E-state index is 5.14. The van der Waals surface area contributed by atoms with Crippen molar-refractivity contribution in [3.8, 4) is 11.3 Å². The van der Waals surface area contributed by atoms with Crippen LogP contribution in [-0.2, 0) is 16.0 Å². The quantitative estimate of drug-likeness (QED) is 0.735. The molecule has 0 unspecified atom stereocenters. The van der Waals surface area contributed by atoms with Gasteiger partial charge in [0.05, 0.1) is 18.6 Å². The van der Waals surface area contributed by atoms with Crippen molar-refractivity contribution < 1.29 is 9.47 Å². The highest BCUT2D eigenvalue weighted by atomic mass is 16.7. The minimum absolute atomic E-state index is 0.258. The van der Waals surface area contributed by atoms with Gasteiger partial charge < -0.3 is 14.0 Å². The molecule has 0 N–H and O–H groups in total. The lowest BCUT2D eigenvalue weighted by molar-refractivity contribution is -0.110. The number of nitrogens with zero attached hydrogens (tertiary/aromatic N) is 3. The zero-order chi connectivity index (χ0) is 12.1. The zero-order valence-corrected chi connectivity index (χ0v) is 9.91. The Morgan fingerprint density at radius 2 is 2.18 bits per heavy atom. The van der Waals surface area contributed by atoms with Crippen LogP contribution in [0.25, 0.3) is 11.3 Å². The van der Waals surface area contributed by atoms with Crippen molar-refractivity contribution in [3.05, 3.63) is 37.1 Å². The van der Waals surface area contributed by atoms with E-state index in [1.165, 1.54) is 0 Å². The van der Waals surface area contributed by atoms with E-state index in [0.29, 0.717) is 6.54 Å². The Morgan fingerprint density at radius 1 is 1.35 bits per heavy atom. The first-order chi connectivity index (χ1) is 8.33. The summed E-state index contributed by atoms with van der Waals surface area (Å²) < 4.78 is 12.2. The van der Waals surface area contributed by atoms with Crippen LogP contribution in [0, 0.1) is 0 Å². The smallest absolute Gasteiger partial charge is 0.174 e. The molecule has 0 aliphatic carbocycles. The van der Waals surface area contributed by atoms with Gasteiger partial charge in [0, 0.05) is 38.4 Å². The number of ether oxygens (including phenoxy) is 2. The molecule has 17 heavy (non-hydrogen) atoms. The molecule has 2 heterocycles. The molecule has 0 fully saturated rings. The maximum atomic E-state index is 5.14. The first-order valence-electron chi connectivity index (χ1n) is 5.31. The molecule has 5 nitrogen and oxygen atoms in total. The number of methoxy groups -OCH3 is 2. The molecule has 5 heteroatoms. The average molecular weight is 233 g/mol. The molecule has 0 radical (unpaired) electrons. The van der Waals surface area contributed by atoms with Crippen LogP contribution < -0.4 is 0 Å². The first kappa shape index (κ1) is 11.8. The highest BCUT2D eigenvalue weighted by Gasteiger charge is 2.07. The molecule has 90 valence electrons. The molecule has 0 saturated heterocycles. The molecule has 0 saturated carbocycles. The van der Waals surface area contributed by atoms with Gasteiger partial charge in [0.2, 0.25) is 0 Å². The topological polar surface area (TPSA) is 49.2 Å². The van der Waals surface area contributed by atoms with Crippen molar-refractivity contribution in [3.63, 3.8) is 0 Å². The third kappa shape index (κ3) is 2.89. The second-order valence-electron chi connectivity index (χ2n) is 3.60. The minimum atomic E-state index is -0.258. The van der Waals surface area contributed by atoms with Crippen molar-refractivity contribution in [1.29, 1.82) is 0 Å². The predicted octanol–water partition coefficient (Wildman–Crippen LogP) is 1.56. The number of pyridine rings is 1. The Hall–Kier alpha value is -1.72. The Bertz CT molecular complexity index is 452. The van der Waals surface area contributed by atoms with Crippen molar-refractivity contribution in [2.24, 2.45) is 0 Å². The third-order valence-corrected chi connectivity index (χ3v) is 2.48. The number of imidazole rings is 1. The summed E-state index contributed by atoms with van der Waals surface area (Å²) in [6, 6.07) is 3.87. The number of hydrogen-bond donors (Lipinski definition) is 0. The predicted molar refractivity (Wildman–Crippen MR) is 63.3 cm³/mol. The molecule has 0 atom stereocenters. The molecule has 2 aromatic heterocycles. The van der Waals surface area contributed by atoms with Crippen molar-refractivity contribution in [1.82, 2.24) is 14.5 Å². The van der Waals surface area contributed by atoms with Crippen molar-refractivity contribution in [2.75, 3.05) is 14.2 Å². The summed E-state index contributed by atoms with van der Waals surface area (Å²) in [7, 11) is 3.24. The Kier molecular flexibility index (Phi) is 3.85. The zero-order valence-electron chi connectivity index (χ0n) is 9.91. The molecule has 0 aromatic carbocycles. The molecule has 2 rings (SSSR count). The lowest BCUT2D eigenvalue weighted by Crippen LogP contribution is -2.19. The van der Waals surface area contributed by atoms with E-state index in [1.807, 2.05) is 22.9 Å². The van der Waals surface area contributed by atoms with Gasteiger partial charge in [0.25, 0.3) is 0 Å². The Morgan fingerprint density at radius 3 is 2.82 bits per heavy atom. The van der Waals surface area contributed by atoms with Crippen LogP contribution in [0.2, 0.25) is 0 Å². The third-order valence-electron chi connectivity index (χ3n) is 2.48. The van der Waals surface area contributed by atoms with Gasteiger partial charge >= 0.3 is 0 Å². The molecular weight excluding hydrogens is 218 g/mol. The second-order valence-corrected chi connectivity index (χ2v) is 3.60. The number of rotatable bonds is 5. The fraction of sp³-hybridized carbons (Fsp3) is 0.333. The van der Waals surface area contributed by atoms with Crippen LogP contribution in [0.4, 0.5) is 0 Å². The Labute approximate surface area is 100 Å². The van der Waals surface area contributed by atoms with E-state index in [4.69, 9.17) is 9.47 Å². The van der Waals surface area contributed by atoms with E-state index >= 15 is 0 Å². The Balaban J connectivity index is 2.11. The normalized spacial score (nSPS) is 11.0. The fourth-order valence-electron chi connectivity index (χ4n) is 1.54. The largest absolute Gasteiger partial charge is 0.354 e. The summed E-state index contributed by atoms with van der Waals surface area (Å²) in [6.07, 6.45) is 6.98. The van der Waals surface area contributed by atoms with Crippen LogP contribution in [0.5, 0.6) is 0 Å². The van der Waals surface area contributed by atoms with Crippen LogP contribution in [0.3, 0.4) is 0 Å². The summed E-state index contributed by atoms with van der Waals surface area (Å²) in [6.45, 7) is 0.611. The van der Waals surface area contributed by atoms with Crippen LogP contribution in [0.1, 0.15) is 0 Å². The summed E-state index contributed by atoms with van der Waals surface area (Å²) >= 11 is 0. The lowest BCUT2D eigenvalue weighted by atomic mass is 10.2. The molecule has 0 bridgehead atoms. The highest BCUT2D eigenvalue weighted by Crippen LogP contribution is 2.15. The van der Waals surface area contributed by atoms with Gasteiger partial charge in [-0.05, 0) is 12.1 Å². The monoisotopic (exact) mass is 233 g/mol. The molecule has 2 aromatic rings. The van der Waals surface area contributed by atoms with Crippen LogP contribution in [-0.4, -0.2) is 35.0 Å². The van der Waals surface area contributed by atoms with Crippen LogP contribution in [0.15, 0.2) is 37.1 Å². The maximum Gasteiger partial charge on any atom is 0.174 e. The van der Waals surface area contributed by atoms with Gasteiger partial charge in [-0.1, -0.05) is 0 Å².